The van der Waals surface area contributed by atoms with E-state index in [4.69, 9.17) is 22.1 Å². The summed E-state index contributed by atoms with van der Waals surface area (Å²) in [7, 11) is 8.02. The van der Waals surface area contributed by atoms with Gasteiger partial charge in [-0.15, -0.1) is 0 Å². The molecule has 2 aliphatic heterocycles. The van der Waals surface area contributed by atoms with Gasteiger partial charge < -0.3 is 14.2 Å². The van der Waals surface area contributed by atoms with Crippen molar-refractivity contribution in [1.82, 2.24) is 4.90 Å². The maximum Gasteiger partial charge on any atom is 0.313 e. The second-order valence-corrected chi connectivity index (χ2v) is 7.95. The van der Waals surface area contributed by atoms with Gasteiger partial charge in [-0.2, -0.15) is 0 Å². The van der Waals surface area contributed by atoms with Crippen LogP contribution in [0.4, 0.5) is 0 Å². The van der Waals surface area contributed by atoms with Crippen LogP contribution < -0.4 is 0 Å². The van der Waals surface area contributed by atoms with Crippen LogP contribution in [0.1, 0.15) is 17.5 Å². The molecule has 0 aliphatic carbocycles. The number of likely N-dealkylation sites (N-methyl/N-ethyl adjacent to an activating group) is 1. The van der Waals surface area contributed by atoms with Gasteiger partial charge in [0.1, 0.15) is 32.6 Å². The molecule has 2 unspecified atom stereocenters. The third-order valence-electron chi connectivity index (χ3n) is 5.81. The Bertz CT molecular complexity index is 879. The summed E-state index contributed by atoms with van der Waals surface area (Å²) in [6, 6.07) is 17.9. The number of carbonyl (C=O) groups is 2. The smallest absolute Gasteiger partial charge is 0.313 e. The number of hydrogen-bond donors (Lipinski definition) is 0. The highest BCUT2D eigenvalue weighted by molar-refractivity contribution is 6.12. The molecule has 0 aromatic heterocycles. The summed E-state index contributed by atoms with van der Waals surface area (Å²) in [5, 5.41) is 0. The predicted octanol–water partition coefficient (Wildman–Crippen LogP) is 2.06. The number of ether oxygens (including phenoxy) is 3. The molecule has 2 radical (unpaired) electrons. The first-order valence-corrected chi connectivity index (χ1v) is 10.0. The Morgan fingerprint density at radius 2 is 1.60 bits per heavy atom. The van der Waals surface area contributed by atoms with Crippen LogP contribution in [-0.4, -0.2) is 55.9 Å². The van der Waals surface area contributed by atoms with Gasteiger partial charge in [0.05, 0.1) is 6.42 Å². The maximum atomic E-state index is 13.0. The highest BCUT2D eigenvalue weighted by Crippen LogP contribution is 2.47. The van der Waals surface area contributed by atoms with E-state index in [1.165, 1.54) is 0 Å². The van der Waals surface area contributed by atoms with E-state index in [0.717, 1.165) is 11.1 Å². The Labute approximate surface area is 177 Å². The van der Waals surface area contributed by atoms with E-state index < -0.39 is 29.5 Å². The van der Waals surface area contributed by atoms with Crippen molar-refractivity contribution in [2.75, 3.05) is 13.6 Å². The van der Waals surface area contributed by atoms with E-state index in [2.05, 4.69) is 0 Å². The van der Waals surface area contributed by atoms with Crippen LogP contribution in [0.2, 0.25) is 0 Å². The van der Waals surface area contributed by atoms with Crippen LogP contribution in [0.15, 0.2) is 60.7 Å². The number of fused-ring (bicyclic) bond motifs is 2. The molecule has 2 aromatic rings. The lowest BCUT2D eigenvalue weighted by molar-refractivity contribution is -0.161. The third kappa shape index (κ3) is 4.13. The lowest BCUT2D eigenvalue weighted by Gasteiger charge is -2.34. The molecule has 0 amide bonds. The molecular weight excluding hydrogens is 381 g/mol. The Morgan fingerprint density at radius 3 is 2.17 bits per heavy atom. The molecule has 0 saturated carbocycles. The lowest BCUT2D eigenvalue weighted by Crippen LogP contribution is -2.47. The normalized spacial score (nSPS) is 27.7. The molecule has 2 heterocycles. The summed E-state index contributed by atoms with van der Waals surface area (Å²) in [6.45, 7) is 0.748. The molecule has 2 bridgehead atoms. The molecule has 30 heavy (non-hydrogen) atoms. The van der Waals surface area contributed by atoms with E-state index in [1.807, 2.05) is 72.6 Å². The van der Waals surface area contributed by atoms with Crippen molar-refractivity contribution >= 4 is 19.8 Å². The molecule has 4 rings (SSSR count). The maximum absolute atomic E-state index is 13.0. The van der Waals surface area contributed by atoms with Crippen LogP contribution in [-0.2, 0) is 37.0 Å². The Morgan fingerprint density at radius 1 is 1.03 bits per heavy atom. The van der Waals surface area contributed by atoms with Crippen molar-refractivity contribution in [3.8, 4) is 0 Å². The minimum Gasteiger partial charge on any atom is -0.461 e. The minimum atomic E-state index is -1.04. The Balaban J connectivity index is 1.43. The van der Waals surface area contributed by atoms with Crippen molar-refractivity contribution in [3.05, 3.63) is 71.8 Å². The second-order valence-electron chi connectivity index (χ2n) is 7.95. The second kappa shape index (κ2) is 8.62. The van der Waals surface area contributed by atoms with Crippen molar-refractivity contribution in [3.63, 3.8) is 0 Å². The Kier molecular flexibility index (Phi) is 5.93. The summed E-state index contributed by atoms with van der Waals surface area (Å²) in [5.41, 5.74) is 0.749. The van der Waals surface area contributed by atoms with Gasteiger partial charge in [0.15, 0.2) is 0 Å². The van der Waals surface area contributed by atoms with E-state index in [9.17, 15) is 9.59 Å². The summed E-state index contributed by atoms with van der Waals surface area (Å²) in [5.74, 6) is -1.48. The SMILES string of the molecule is [B][C@@H]1O[C@@]2(CC(=O)OCc3ccccc3)CN(C)C1C2C(=O)OCc1ccccc1. The first-order valence-electron chi connectivity index (χ1n) is 10.0. The topological polar surface area (TPSA) is 65.1 Å². The van der Waals surface area contributed by atoms with Gasteiger partial charge in [-0.25, -0.2) is 0 Å². The molecule has 2 fully saturated rings. The average molecular weight is 405 g/mol. The van der Waals surface area contributed by atoms with E-state index in [1.54, 1.807) is 0 Å². The van der Waals surface area contributed by atoms with Crippen molar-refractivity contribution in [2.45, 2.75) is 37.3 Å². The molecule has 7 heteroatoms. The average Bonchev–Trinajstić information content (AvgIpc) is 3.18. The standard InChI is InChI=1S/C23H24BNO5/c1-25-15-23(12-18(26)28-13-16-8-4-2-5-9-16)19(20(25)21(24)30-23)22(27)29-14-17-10-6-3-7-11-17/h2-11,19-21H,12-15H2,1H3/t19?,20?,21-,23+/m1/s1. The molecule has 2 aliphatic rings. The van der Waals surface area contributed by atoms with E-state index in [-0.39, 0.29) is 25.7 Å². The number of nitrogens with zero attached hydrogens (tertiary/aromatic N) is 1. The quantitative estimate of drug-likeness (QED) is 0.519. The molecule has 0 spiro atoms. The van der Waals surface area contributed by atoms with Crippen LogP contribution in [0.3, 0.4) is 0 Å². The molecule has 6 nitrogen and oxygen atoms in total. The van der Waals surface area contributed by atoms with E-state index >= 15 is 0 Å². The number of carbonyl (C=O) groups excluding carboxylic acids is 2. The van der Waals surface area contributed by atoms with Crippen LogP contribution >= 0.6 is 0 Å². The highest BCUT2D eigenvalue weighted by Gasteiger charge is 2.65. The monoisotopic (exact) mass is 405 g/mol. The number of rotatable bonds is 7. The van der Waals surface area contributed by atoms with Crippen LogP contribution in [0.5, 0.6) is 0 Å². The zero-order chi connectivity index (χ0) is 21.1. The van der Waals surface area contributed by atoms with Gasteiger partial charge in [0, 0.05) is 18.6 Å². The van der Waals surface area contributed by atoms with Gasteiger partial charge in [0.2, 0.25) is 0 Å². The van der Waals surface area contributed by atoms with Gasteiger partial charge in [-0.05, 0) is 18.2 Å². The first kappa shape index (κ1) is 20.6. The largest absolute Gasteiger partial charge is 0.461 e. The fourth-order valence-corrected chi connectivity index (χ4v) is 4.50. The number of morpholine rings is 1. The van der Waals surface area contributed by atoms with Crippen molar-refractivity contribution in [1.29, 1.82) is 0 Å². The molecule has 2 saturated heterocycles. The van der Waals surface area contributed by atoms with Gasteiger partial charge in [-0.3, -0.25) is 14.5 Å². The number of benzene rings is 2. The summed E-state index contributed by atoms with van der Waals surface area (Å²) >= 11 is 0. The fraction of sp³-hybridized carbons (Fsp3) is 0.391. The number of esters is 2. The first-order chi connectivity index (χ1) is 14.5. The molecule has 154 valence electrons. The van der Waals surface area contributed by atoms with Crippen LogP contribution in [0.25, 0.3) is 0 Å². The van der Waals surface area contributed by atoms with Gasteiger partial charge >= 0.3 is 11.9 Å². The molecule has 0 N–H and O–H groups in total. The van der Waals surface area contributed by atoms with Gasteiger partial charge in [0.25, 0.3) is 0 Å². The predicted molar refractivity (Wildman–Crippen MR) is 110 cm³/mol. The van der Waals surface area contributed by atoms with Crippen molar-refractivity contribution in [2.24, 2.45) is 5.92 Å². The Hall–Kier alpha value is -2.64. The zero-order valence-corrected chi connectivity index (χ0v) is 16.9. The summed E-state index contributed by atoms with van der Waals surface area (Å²) in [6.07, 6.45) is -0.0561. The van der Waals surface area contributed by atoms with Gasteiger partial charge in [-0.1, -0.05) is 60.7 Å². The fourth-order valence-electron chi connectivity index (χ4n) is 4.50. The molecule has 2 aromatic carbocycles. The lowest BCUT2D eigenvalue weighted by atomic mass is 9.82. The molecule has 4 atom stereocenters. The third-order valence-corrected chi connectivity index (χ3v) is 5.81. The number of likely N-dealkylation sites (tertiary alicyclic amines) is 1. The summed E-state index contributed by atoms with van der Waals surface area (Å²) < 4.78 is 17.0. The summed E-state index contributed by atoms with van der Waals surface area (Å²) in [4.78, 5) is 27.6. The van der Waals surface area contributed by atoms with Crippen LogP contribution in [0, 0.1) is 5.92 Å². The zero-order valence-electron chi connectivity index (χ0n) is 16.9. The van der Waals surface area contributed by atoms with E-state index in [0.29, 0.717) is 6.54 Å². The molecular formula is C23H24BNO5. The van der Waals surface area contributed by atoms with Crippen molar-refractivity contribution < 1.29 is 23.8 Å². The minimum absolute atomic E-state index is 0.0561. The number of hydrogen-bond acceptors (Lipinski definition) is 6. The highest BCUT2D eigenvalue weighted by atomic mass is 16.6.